The Morgan fingerprint density at radius 2 is 1.04 bits per heavy atom. The van der Waals surface area contributed by atoms with Crippen LogP contribution < -0.4 is 0 Å². The van der Waals surface area contributed by atoms with Crippen LogP contribution in [-0.4, -0.2) is 18.4 Å². The Morgan fingerprint density at radius 3 is 1.73 bits per heavy atom. The van der Waals surface area contributed by atoms with Crippen LogP contribution in [-0.2, 0) is 6.54 Å². The summed E-state index contributed by atoms with van der Waals surface area (Å²) < 4.78 is 6.75. The van der Waals surface area contributed by atoms with Gasteiger partial charge in [0.05, 0.1) is 6.54 Å². The summed E-state index contributed by atoms with van der Waals surface area (Å²) in [6, 6.07) is 65.5. The van der Waals surface area contributed by atoms with Crippen molar-refractivity contribution in [2.75, 3.05) is 0 Å². The lowest BCUT2D eigenvalue weighted by molar-refractivity contribution is 0.670. The maximum Gasteiger partial charge on any atom is 0.161 e. The van der Waals surface area contributed by atoms with Crippen LogP contribution in [0.25, 0.3) is 76.5 Å². The van der Waals surface area contributed by atoms with Gasteiger partial charge in [-0.05, 0) is 73.4 Å². The highest BCUT2D eigenvalue weighted by Crippen LogP contribution is 2.41. The fraction of sp³-hybridized carbons (Fsp3) is 0.0192. The Balaban J connectivity index is 1.11. The van der Waals surface area contributed by atoms with Gasteiger partial charge in [-0.15, -0.1) is 0 Å². The van der Waals surface area contributed by atoms with Crippen molar-refractivity contribution in [3.8, 4) is 22.3 Å². The second-order valence-electron chi connectivity index (χ2n) is 14.0. The zero-order valence-electron chi connectivity index (χ0n) is 30.6. The van der Waals surface area contributed by atoms with Crippen LogP contribution >= 0.6 is 0 Å². The Hall–Kier alpha value is -7.43. The first-order valence-corrected chi connectivity index (χ1v) is 18.8. The van der Waals surface area contributed by atoms with Gasteiger partial charge in [-0.25, -0.2) is 9.98 Å². The number of nitrogens with zero attached hydrogens (tertiary/aromatic N) is 3. The summed E-state index contributed by atoms with van der Waals surface area (Å²) in [5, 5.41) is 9.39. The number of fused-ring (bicyclic) bond motifs is 9. The molecule has 0 fully saturated rings. The third-order valence-electron chi connectivity index (χ3n) is 10.7. The molecule has 0 saturated heterocycles. The minimum atomic E-state index is 0.476. The van der Waals surface area contributed by atoms with Crippen LogP contribution in [0.2, 0.25) is 0 Å². The number of benzene rings is 9. The second kappa shape index (κ2) is 14.1. The summed E-state index contributed by atoms with van der Waals surface area (Å²) in [5.74, 6) is 1.06. The number of aliphatic imine (C=N–C) groups is 3. The molecule has 56 heavy (non-hydrogen) atoms. The molecule has 9 aromatic carbocycles. The topological polar surface area (TPSA) is 50.2 Å². The molecule has 0 unspecified atom stereocenters. The smallest absolute Gasteiger partial charge is 0.161 e. The first-order chi connectivity index (χ1) is 27.7. The zero-order valence-corrected chi connectivity index (χ0v) is 30.6. The van der Waals surface area contributed by atoms with E-state index in [4.69, 9.17) is 14.4 Å². The summed E-state index contributed by atoms with van der Waals surface area (Å²) in [4.78, 5) is 14.7. The molecule has 0 N–H and O–H groups in total. The molecular weight excluding hydrogens is 683 g/mol. The maximum absolute atomic E-state index is 6.75. The summed E-state index contributed by atoms with van der Waals surface area (Å²) in [6.07, 6.45) is 0. The molecule has 0 radical (unpaired) electrons. The third-order valence-corrected chi connectivity index (χ3v) is 10.7. The van der Waals surface area contributed by atoms with E-state index < -0.39 is 0 Å². The number of para-hydroxylation sites is 1. The summed E-state index contributed by atoms with van der Waals surface area (Å²) in [6.45, 7) is 4.48. The normalized spacial score (nSPS) is 12.3. The molecule has 0 amide bonds. The van der Waals surface area contributed by atoms with E-state index in [1.54, 1.807) is 0 Å². The highest BCUT2D eigenvalue weighted by Gasteiger charge is 2.19. The SMILES string of the molecule is C=N/C(=N\C(=N/Cc1ccccc1)c1ccc(-c2ccccc2)cc1)c1cccc2oc3c(-c4ccc5c6ccccc6c6ccccc6c5c4)cccc3c12. The van der Waals surface area contributed by atoms with Crippen molar-refractivity contribution in [1.29, 1.82) is 0 Å². The molecule has 0 bridgehead atoms. The van der Waals surface area contributed by atoms with Crippen molar-refractivity contribution in [2.45, 2.75) is 6.54 Å². The number of rotatable bonds is 6. The number of furan rings is 1. The van der Waals surface area contributed by atoms with Crippen molar-refractivity contribution >= 4 is 72.6 Å². The number of amidine groups is 2. The molecule has 264 valence electrons. The molecule has 4 heteroatoms. The third kappa shape index (κ3) is 5.85. The van der Waals surface area contributed by atoms with E-state index in [0.717, 1.165) is 60.9 Å². The lowest BCUT2D eigenvalue weighted by Gasteiger charge is -2.12. The van der Waals surface area contributed by atoms with Crippen LogP contribution in [0, 0.1) is 0 Å². The quantitative estimate of drug-likeness (QED) is 0.0960. The minimum Gasteiger partial charge on any atom is -0.455 e. The summed E-state index contributed by atoms with van der Waals surface area (Å²) in [5.41, 5.74) is 8.79. The molecule has 0 saturated carbocycles. The van der Waals surface area contributed by atoms with Gasteiger partial charge in [0.1, 0.15) is 11.2 Å². The Morgan fingerprint density at radius 1 is 0.464 bits per heavy atom. The van der Waals surface area contributed by atoms with Gasteiger partial charge in [-0.2, -0.15) is 0 Å². The molecular formula is C52H35N3O. The monoisotopic (exact) mass is 717 g/mol. The van der Waals surface area contributed by atoms with E-state index in [2.05, 4.69) is 157 Å². The van der Waals surface area contributed by atoms with Gasteiger partial charge in [0, 0.05) is 27.5 Å². The molecule has 0 aliphatic carbocycles. The van der Waals surface area contributed by atoms with Crippen molar-refractivity contribution < 1.29 is 4.42 Å². The highest BCUT2D eigenvalue weighted by molar-refractivity contribution is 6.26. The molecule has 0 aliphatic rings. The average Bonchev–Trinajstić information content (AvgIpc) is 3.67. The van der Waals surface area contributed by atoms with Gasteiger partial charge >= 0.3 is 0 Å². The van der Waals surface area contributed by atoms with Gasteiger partial charge in [0.2, 0.25) is 0 Å². The van der Waals surface area contributed by atoms with Gasteiger partial charge in [0.15, 0.2) is 11.7 Å². The second-order valence-corrected chi connectivity index (χ2v) is 14.0. The molecule has 10 aromatic rings. The van der Waals surface area contributed by atoms with E-state index >= 15 is 0 Å². The van der Waals surface area contributed by atoms with E-state index in [0.29, 0.717) is 18.2 Å². The number of hydrogen-bond donors (Lipinski definition) is 0. The van der Waals surface area contributed by atoms with E-state index in [-0.39, 0.29) is 0 Å². The van der Waals surface area contributed by atoms with Crippen molar-refractivity contribution in [1.82, 2.24) is 0 Å². The molecule has 0 aliphatic heterocycles. The molecule has 4 nitrogen and oxygen atoms in total. The van der Waals surface area contributed by atoms with Crippen molar-refractivity contribution in [3.63, 3.8) is 0 Å². The van der Waals surface area contributed by atoms with Gasteiger partial charge in [-0.1, -0.05) is 176 Å². The fourth-order valence-corrected chi connectivity index (χ4v) is 8.00. The first-order valence-electron chi connectivity index (χ1n) is 18.8. The van der Waals surface area contributed by atoms with Crippen LogP contribution in [0.4, 0.5) is 0 Å². The lowest BCUT2D eigenvalue weighted by atomic mass is 9.91. The molecule has 0 atom stereocenters. The molecule has 1 aromatic heterocycles. The van der Waals surface area contributed by atoms with Crippen molar-refractivity contribution in [3.05, 3.63) is 205 Å². The lowest BCUT2D eigenvalue weighted by Crippen LogP contribution is -2.06. The first kappa shape index (κ1) is 33.2. The predicted octanol–water partition coefficient (Wildman–Crippen LogP) is 13.5. The van der Waals surface area contributed by atoms with Crippen LogP contribution in [0.1, 0.15) is 16.7 Å². The van der Waals surface area contributed by atoms with E-state index in [1.807, 2.05) is 42.5 Å². The number of hydrogen-bond acceptors (Lipinski definition) is 2. The maximum atomic E-state index is 6.75. The predicted molar refractivity (Wildman–Crippen MR) is 236 cm³/mol. The van der Waals surface area contributed by atoms with Gasteiger partial charge < -0.3 is 4.42 Å². The Kier molecular flexibility index (Phi) is 8.34. The Labute approximate surface area is 324 Å². The van der Waals surface area contributed by atoms with Gasteiger partial charge in [0.25, 0.3) is 0 Å². The van der Waals surface area contributed by atoms with E-state index in [1.165, 1.54) is 32.3 Å². The zero-order chi connectivity index (χ0) is 37.4. The molecule has 10 rings (SSSR count). The van der Waals surface area contributed by atoms with Crippen molar-refractivity contribution in [2.24, 2.45) is 15.0 Å². The minimum absolute atomic E-state index is 0.476. The summed E-state index contributed by atoms with van der Waals surface area (Å²) in [7, 11) is 0. The largest absolute Gasteiger partial charge is 0.455 e. The average molecular weight is 718 g/mol. The Bertz CT molecular complexity index is 3120. The van der Waals surface area contributed by atoms with E-state index in [9.17, 15) is 0 Å². The highest BCUT2D eigenvalue weighted by atomic mass is 16.3. The molecule has 0 spiro atoms. The summed E-state index contributed by atoms with van der Waals surface area (Å²) >= 11 is 0. The van der Waals surface area contributed by atoms with Crippen LogP contribution in [0.3, 0.4) is 0 Å². The fourth-order valence-electron chi connectivity index (χ4n) is 8.00. The molecule has 1 heterocycles. The van der Waals surface area contributed by atoms with Crippen LogP contribution in [0.15, 0.2) is 207 Å². The van der Waals surface area contributed by atoms with Gasteiger partial charge in [-0.3, -0.25) is 4.99 Å². The standard InChI is InChI=1S/C52H35N3O/c1-53-52(55-51(54-33-34-14-4-2-5-15-34)37-28-26-36(27-29-37)35-16-6-3-7-17-35)46-24-13-25-48-49(46)45-23-12-22-39(50(45)56-48)38-30-31-44-42-20-9-8-18-40(42)41-19-10-11-21-43(41)47(44)32-38/h2-32H,1,33H2/b54-51-,55-52-. The van der Waals surface area contributed by atoms with Crippen LogP contribution in [0.5, 0.6) is 0 Å².